The summed E-state index contributed by atoms with van der Waals surface area (Å²) in [4.78, 5) is 15.6. The average molecular weight is 477 g/mol. The van der Waals surface area contributed by atoms with E-state index in [9.17, 15) is 9.90 Å². The summed E-state index contributed by atoms with van der Waals surface area (Å²) in [6.45, 7) is 15.5. The van der Waals surface area contributed by atoms with E-state index >= 15 is 0 Å². The SMILES string of the molecule is CCCC[C@H]1CN(CC(=O)c2cc(C(C)(C)C)c(O)c(C(C)(C)C)c2)C(=N)[C@@H]1Cc1ccccc1. The lowest BCUT2D eigenvalue weighted by molar-refractivity contribution is 0.0963. The molecule has 0 saturated carbocycles. The van der Waals surface area contributed by atoms with Gasteiger partial charge >= 0.3 is 0 Å². The first kappa shape index (κ1) is 27.0. The first-order valence-electron chi connectivity index (χ1n) is 13.1. The van der Waals surface area contributed by atoms with Gasteiger partial charge in [0.1, 0.15) is 11.6 Å². The number of benzene rings is 2. The van der Waals surface area contributed by atoms with E-state index in [4.69, 9.17) is 5.41 Å². The zero-order chi connectivity index (χ0) is 26.0. The molecule has 0 spiro atoms. The van der Waals surface area contributed by atoms with Crippen LogP contribution in [0.2, 0.25) is 0 Å². The lowest BCUT2D eigenvalue weighted by Crippen LogP contribution is -2.33. The Hall–Kier alpha value is -2.62. The zero-order valence-electron chi connectivity index (χ0n) is 22.7. The average Bonchev–Trinajstić information content (AvgIpc) is 3.05. The Kier molecular flexibility index (Phi) is 8.14. The normalized spacial score (nSPS) is 18.8. The maximum atomic E-state index is 13.6. The number of aromatic hydroxyl groups is 1. The number of likely N-dealkylation sites (tertiary alicyclic amines) is 1. The fourth-order valence-corrected chi connectivity index (χ4v) is 5.21. The Balaban J connectivity index is 1.87. The standard InChI is InChI=1S/C31H44N2O2/c1-8-9-15-22-19-33(29(32)24(22)16-21-13-11-10-12-14-21)20-27(34)23-17-25(30(2,3)4)28(35)26(18-23)31(5,6)7/h10-14,17-18,22,24,32,35H,8-9,15-16,19-20H2,1-7H3/t22-,24+/m0/s1. The van der Waals surface area contributed by atoms with Gasteiger partial charge in [-0.1, -0.05) is 91.6 Å². The predicted octanol–water partition coefficient (Wildman–Crippen LogP) is 7.13. The predicted molar refractivity (Wildman–Crippen MR) is 146 cm³/mol. The summed E-state index contributed by atoms with van der Waals surface area (Å²) in [6, 6.07) is 14.1. The largest absolute Gasteiger partial charge is 0.507 e. The summed E-state index contributed by atoms with van der Waals surface area (Å²) >= 11 is 0. The highest BCUT2D eigenvalue weighted by Crippen LogP contribution is 2.40. The third-order valence-electron chi connectivity index (χ3n) is 7.33. The lowest BCUT2D eigenvalue weighted by Gasteiger charge is -2.28. The summed E-state index contributed by atoms with van der Waals surface area (Å²) in [5, 5.41) is 20.0. The second-order valence-corrected chi connectivity index (χ2v) is 12.3. The first-order chi connectivity index (χ1) is 16.3. The monoisotopic (exact) mass is 476 g/mol. The van der Waals surface area contributed by atoms with Crippen LogP contribution in [0.5, 0.6) is 5.75 Å². The Morgan fingerprint density at radius 3 is 2.11 bits per heavy atom. The van der Waals surface area contributed by atoms with Gasteiger partial charge in [0.15, 0.2) is 5.78 Å². The molecule has 4 heteroatoms. The van der Waals surface area contributed by atoms with E-state index in [2.05, 4.69) is 72.7 Å². The smallest absolute Gasteiger partial charge is 0.182 e. The van der Waals surface area contributed by atoms with Crippen molar-refractivity contribution in [3.63, 3.8) is 0 Å². The van der Waals surface area contributed by atoms with E-state index in [-0.39, 0.29) is 34.8 Å². The number of ketones is 1. The quantitative estimate of drug-likeness (QED) is 0.398. The highest BCUT2D eigenvalue weighted by atomic mass is 16.3. The molecule has 4 nitrogen and oxygen atoms in total. The van der Waals surface area contributed by atoms with Crippen molar-refractivity contribution in [2.45, 2.75) is 85.0 Å². The molecule has 0 radical (unpaired) electrons. The van der Waals surface area contributed by atoms with Gasteiger partial charge in [0.25, 0.3) is 0 Å². The lowest BCUT2D eigenvalue weighted by atomic mass is 9.78. The molecule has 1 heterocycles. The summed E-state index contributed by atoms with van der Waals surface area (Å²) in [7, 11) is 0. The van der Waals surface area contributed by atoms with Gasteiger partial charge in [-0.2, -0.15) is 0 Å². The van der Waals surface area contributed by atoms with Crippen LogP contribution < -0.4 is 0 Å². The number of Topliss-reactive ketones (excluding diaryl/α,β-unsaturated/α-hetero) is 1. The van der Waals surface area contributed by atoms with Crippen LogP contribution in [-0.4, -0.2) is 34.7 Å². The molecule has 2 aromatic rings. The second kappa shape index (κ2) is 10.6. The number of amidine groups is 1. The van der Waals surface area contributed by atoms with Gasteiger partial charge in [0, 0.05) is 29.2 Å². The van der Waals surface area contributed by atoms with Gasteiger partial charge in [0.2, 0.25) is 0 Å². The Morgan fingerprint density at radius 2 is 1.60 bits per heavy atom. The highest BCUT2D eigenvalue weighted by Gasteiger charge is 2.38. The number of rotatable bonds is 8. The number of carbonyl (C=O) groups is 1. The van der Waals surface area contributed by atoms with Gasteiger partial charge in [-0.05, 0) is 47.3 Å². The maximum absolute atomic E-state index is 13.6. The van der Waals surface area contributed by atoms with Crippen molar-refractivity contribution < 1.29 is 9.90 Å². The Bertz CT molecular complexity index is 1010. The van der Waals surface area contributed by atoms with Crippen molar-refractivity contribution in [3.05, 3.63) is 64.7 Å². The van der Waals surface area contributed by atoms with Gasteiger partial charge in [0.05, 0.1) is 6.54 Å². The zero-order valence-corrected chi connectivity index (χ0v) is 22.7. The molecule has 2 N–H and O–H groups in total. The van der Waals surface area contributed by atoms with Crippen molar-refractivity contribution in [2.24, 2.45) is 11.8 Å². The minimum absolute atomic E-state index is 0.0142. The van der Waals surface area contributed by atoms with Gasteiger partial charge in [-0.25, -0.2) is 0 Å². The van der Waals surface area contributed by atoms with Crippen LogP contribution in [0.1, 0.15) is 94.8 Å². The van der Waals surface area contributed by atoms with E-state index in [1.54, 1.807) is 0 Å². The minimum Gasteiger partial charge on any atom is -0.507 e. The summed E-state index contributed by atoms with van der Waals surface area (Å²) in [5.41, 5.74) is 2.90. The van der Waals surface area contributed by atoms with Crippen molar-refractivity contribution in [2.75, 3.05) is 13.1 Å². The molecule has 1 aliphatic heterocycles. The van der Waals surface area contributed by atoms with E-state index in [1.807, 2.05) is 23.1 Å². The molecule has 190 valence electrons. The molecular formula is C31H44N2O2. The molecule has 3 rings (SSSR count). The maximum Gasteiger partial charge on any atom is 0.182 e. The topological polar surface area (TPSA) is 64.4 Å². The van der Waals surface area contributed by atoms with Gasteiger partial charge in [-0.15, -0.1) is 0 Å². The number of hydrogen-bond donors (Lipinski definition) is 2. The van der Waals surface area contributed by atoms with Crippen LogP contribution in [0.4, 0.5) is 0 Å². The fraction of sp³-hybridized carbons (Fsp3) is 0.548. The highest BCUT2D eigenvalue weighted by molar-refractivity contribution is 6.01. The van der Waals surface area contributed by atoms with Crippen molar-refractivity contribution in [1.29, 1.82) is 5.41 Å². The van der Waals surface area contributed by atoms with Crippen LogP contribution in [-0.2, 0) is 17.3 Å². The number of carbonyl (C=O) groups excluding carboxylic acids is 1. The number of hydrogen-bond acceptors (Lipinski definition) is 3. The van der Waals surface area contributed by atoms with Crippen LogP contribution in [0.15, 0.2) is 42.5 Å². The van der Waals surface area contributed by atoms with E-state index in [0.29, 0.717) is 17.3 Å². The van der Waals surface area contributed by atoms with E-state index in [0.717, 1.165) is 43.4 Å². The molecule has 2 atom stereocenters. The molecule has 0 unspecified atom stereocenters. The van der Waals surface area contributed by atoms with E-state index in [1.165, 1.54) is 5.56 Å². The molecule has 1 aliphatic rings. The van der Waals surface area contributed by atoms with Crippen molar-refractivity contribution >= 4 is 11.6 Å². The van der Waals surface area contributed by atoms with Gasteiger partial charge in [-0.3, -0.25) is 10.2 Å². The number of phenolic OH excluding ortho intramolecular Hbond substituents is 1. The van der Waals surface area contributed by atoms with Crippen molar-refractivity contribution in [3.8, 4) is 5.75 Å². The number of unbranched alkanes of at least 4 members (excludes halogenated alkanes) is 1. The number of nitrogens with one attached hydrogen (secondary N) is 1. The summed E-state index contributed by atoms with van der Waals surface area (Å²) in [5.74, 6) is 1.44. The molecule has 0 bridgehead atoms. The van der Waals surface area contributed by atoms with Gasteiger partial charge < -0.3 is 10.0 Å². The molecular weight excluding hydrogens is 432 g/mol. The minimum atomic E-state index is -0.285. The molecule has 1 saturated heterocycles. The third kappa shape index (κ3) is 6.34. The molecule has 0 aromatic heterocycles. The number of phenols is 1. The molecule has 1 fully saturated rings. The van der Waals surface area contributed by atoms with Crippen molar-refractivity contribution in [1.82, 2.24) is 4.90 Å². The fourth-order valence-electron chi connectivity index (χ4n) is 5.21. The molecule has 0 amide bonds. The Morgan fingerprint density at radius 1 is 1.03 bits per heavy atom. The molecule has 2 aromatic carbocycles. The third-order valence-corrected chi connectivity index (χ3v) is 7.33. The summed E-state index contributed by atoms with van der Waals surface area (Å²) in [6.07, 6.45) is 4.22. The summed E-state index contributed by atoms with van der Waals surface area (Å²) < 4.78 is 0. The van der Waals surface area contributed by atoms with E-state index < -0.39 is 0 Å². The molecule has 0 aliphatic carbocycles. The second-order valence-electron chi connectivity index (χ2n) is 12.3. The van der Waals surface area contributed by atoms with Crippen LogP contribution in [0.3, 0.4) is 0 Å². The van der Waals surface area contributed by atoms with Crippen LogP contribution >= 0.6 is 0 Å². The molecule has 35 heavy (non-hydrogen) atoms. The van der Waals surface area contributed by atoms with Crippen LogP contribution in [0.25, 0.3) is 0 Å². The first-order valence-corrected chi connectivity index (χ1v) is 13.1. The Labute approximate surface area is 212 Å². The van der Waals surface area contributed by atoms with Crippen LogP contribution in [0, 0.1) is 17.2 Å². The number of nitrogens with zero attached hydrogens (tertiary/aromatic N) is 1.